The molecule has 0 radical (unpaired) electrons. The van der Waals surface area contributed by atoms with Crippen LogP contribution in [0, 0.1) is 22.7 Å². The van der Waals surface area contributed by atoms with Crippen molar-refractivity contribution in [1.82, 2.24) is 0 Å². The van der Waals surface area contributed by atoms with E-state index in [2.05, 4.69) is 10.2 Å². The summed E-state index contributed by atoms with van der Waals surface area (Å²) in [6, 6.07) is 5.78. The third kappa shape index (κ3) is 3.58. The lowest BCUT2D eigenvalue weighted by molar-refractivity contribution is -0.137. The largest absolute Gasteiger partial charge is 0.416 e. The number of alkyl halides is 3. The van der Waals surface area contributed by atoms with Crippen LogP contribution in [0.5, 0.6) is 0 Å². The molecule has 0 fully saturated rings. The Morgan fingerprint density at radius 2 is 1.59 bits per heavy atom. The first-order chi connectivity index (χ1) is 7.97. The van der Waals surface area contributed by atoms with Gasteiger partial charge in [-0.15, -0.1) is 0 Å². The van der Waals surface area contributed by atoms with E-state index in [1.807, 2.05) is 0 Å². The minimum atomic E-state index is -4.41. The summed E-state index contributed by atoms with van der Waals surface area (Å²) in [4.78, 5) is 0. The first-order valence-electron chi connectivity index (χ1n) is 4.34. The number of halogens is 3. The predicted molar refractivity (Wildman–Crippen MR) is 51.0 cm³/mol. The van der Waals surface area contributed by atoms with E-state index in [4.69, 9.17) is 10.5 Å². The number of nitriles is 2. The van der Waals surface area contributed by atoms with E-state index in [1.165, 1.54) is 0 Å². The summed E-state index contributed by atoms with van der Waals surface area (Å²) in [5.41, 5.74) is -0.651. The van der Waals surface area contributed by atoms with Gasteiger partial charge in [0, 0.05) is 0 Å². The van der Waals surface area contributed by atoms with Gasteiger partial charge < -0.3 is 0 Å². The van der Waals surface area contributed by atoms with Gasteiger partial charge in [0.15, 0.2) is 0 Å². The standard InChI is InChI=1S/C10H5F3N4/c11-10(12,13)7-1-3-8(4-2-7)16-17-9(5-14)6-15/h1-4,9H. The van der Waals surface area contributed by atoms with Crippen molar-refractivity contribution < 1.29 is 13.2 Å². The molecule has 0 bridgehead atoms. The van der Waals surface area contributed by atoms with E-state index in [0.29, 0.717) is 0 Å². The topological polar surface area (TPSA) is 72.3 Å². The van der Waals surface area contributed by atoms with Gasteiger partial charge in [0.1, 0.15) is 12.1 Å². The molecule has 7 heteroatoms. The van der Waals surface area contributed by atoms with Crippen LogP contribution in [0.1, 0.15) is 5.56 Å². The van der Waals surface area contributed by atoms with Crippen molar-refractivity contribution in [2.75, 3.05) is 0 Å². The van der Waals surface area contributed by atoms with Crippen molar-refractivity contribution in [3.05, 3.63) is 29.8 Å². The molecule has 4 nitrogen and oxygen atoms in total. The zero-order chi connectivity index (χ0) is 12.9. The highest BCUT2D eigenvalue weighted by Gasteiger charge is 2.29. The SMILES string of the molecule is N#CC(C#N)N=Nc1ccc(C(F)(F)F)cc1. The van der Waals surface area contributed by atoms with Gasteiger partial charge in [0.25, 0.3) is 0 Å². The Morgan fingerprint density at radius 3 is 2.00 bits per heavy atom. The molecule has 0 amide bonds. The number of hydrogen-bond donors (Lipinski definition) is 0. The fraction of sp³-hybridized carbons (Fsp3) is 0.200. The van der Waals surface area contributed by atoms with Crippen LogP contribution in [0.4, 0.5) is 18.9 Å². The van der Waals surface area contributed by atoms with E-state index in [0.717, 1.165) is 24.3 Å². The second kappa shape index (κ2) is 5.08. The Kier molecular flexibility index (Phi) is 3.78. The Morgan fingerprint density at radius 1 is 1.06 bits per heavy atom. The second-order valence-corrected chi connectivity index (χ2v) is 2.92. The maximum absolute atomic E-state index is 12.2. The monoisotopic (exact) mass is 238 g/mol. The Balaban J connectivity index is 2.84. The first kappa shape index (κ1) is 12.7. The molecule has 17 heavy (non-hydrogen) atoms. The third-order valence-electron chi connectivity index (χ3n) is 1.73. The summed E-state index contributed by atoms with van der Waals surface area (Å²) in [6.45, 7) is 0. The van der Waals surface area contributed by atoms with Crippen molar-refractivity contribution in [3.8, 4) is 12.1 Å². The van der Waals surface area contributed by atoms with Crippen LogP contribution < -0.4 is 0 Å². The van der Waals surface area contributed by atoms with E-state index in [1.54, 1.807) is 12.1 Å². The zero-order valence-electron chi connectivity index (χ0n) is 8.31. The van der Waals surface area contributed by atoms with Gasteiger partial charge in [0.05, 0.1) is 11.3 Å². The fourth-order valence-electron chi connectivity index (χ4n) is 0.922. The summed E-state index contributed by atoms with van der Waals surface area (Å²) in [5, 5.41) is 23.6. The van der Waals surface area contributed by atoms with Crippen LogP contribution in [-0.2, 0) is 6.18 Å². The number of hydrogen-bond acceptors (Lipinski definition) is 4. The lowest BCUT2D eigenvalue weighted by Crippen LogP contribution is -2.03. The maximum atomic E-state index is 12.2. The molecule has 86 valence electrons. The van der Waals surface area contributed by atoms with Gasteiger partial charge in [-0.05, 0) is 24.3 Å². The number of rotatable bonds is 2. The Labute approximate surface area is 94.6 Å². The Bertz CT molecular complexity index is 476. The Hall–Kier alpha value is -2.41. The van der Waals surface area contributed by atoms with E-state index >= 15 is 0 Å². The molecule has 0 heterocycles. The summed E-state index contributed by atoms with van der Waals surface area (Å²) < 4.78 is 36.6. The van der Waals surface area contributed by atoms with Crippen LogP contribution in [0.2, 0.25) is 0 Å². The van der Waals surface area contributed by atoms with Gasteiger partial charge in [-0.1, -0.05) is 0 Å². The maximum Gasteiger partial charge on any atom is 0.416 e. The van der Waals surface area contributed by atoms with Crippen molar-refractivity contribution in [2.24, 2.45) is 10.2 Å². The second-order valence-electron chi connectivity index (χ2n) is 2.92. The van der Waals surface area contributed by atoms with Crippen molar-refractivity contribution in [3.63, 3.8) is 0 Å². The molecule has 0 unspecified atom stereocenters. The predicted octanol–water partition coefficient (Wildman–Crippen LogP) is 3.20. The van der Waals surface area contributed by atoms with Crippen LogP contribution in [0.3, 0.4) is 0 Å². The zero-order valence-corrected chi connectivity index (χ0v) is 8.31. The molecule has 0 aliphatic carbocycles. The molecular weight excluding hydrogens is 233 g/mol. The van der Waals surface area contributed by atoms with Gasteiger partial charge in [-0.2, -0.15) is 33.9 Å². The summed E-state index contributed by atoms with van der Waals surface area (Å²) >= 11 is 0. The lowest BCUT2D eigenvalue weighted by Gasteiger charge is -2.05. The molecule has 0 aliphatic rings. The van der Waals surface area contributed by atoms with Gasteiger partial charge in [0.2, 0.25) is 6.04 Å². The van der Waals surface area contributed by atoms with Crippen LogP contribution in [0.15, 0.2) is 34.5 Å². The van der Waals surface area contributed by atoms with E-state index < -0.39 is 17.8 Å². The van der Waals surface area contributed by atoms with Crippen LogP contribution in [-0.4, -0.2) is 6.04 Å². The summed E-state index contributed by atoms with van der Waals surface area (Å²) in [5.74, 6) is 0. The average molecular weight is 238 g/mol. The summed E-state index contributed by atoms with van der Waals surface area (Å²) in [6.07, 6.45) is -4.41. The van der Waals surface area contributed by atoms with Crippen LogP contribution >= 0.6 is 0 Å². The number of azo groups is 1. The van der Waals surface area contributed by atoms with Crippen molar-refractivity contribution in [2.45, 2.75) is 12.2 Å². The van der Waals surface area contributed by atoms with Crippen molar-refractivity contribution >= 4 is 5.69 Å². The van der Waals surface area contributed by atoms with Gasteiger partial charge in [-0.3, -0.25) is 0 Å². The highest BCUT2D eigenvalue weighted by Crippen LogP contribution is 2.30. The highest BCUT2D eigenvalue weighted by molar-refractivity contribution is 5.39. The molecule has 1 aromatic rings. The molecule has 0 aliphatic heterocycles. The number of nitrogens with zero attached hydrogens (tertiary/aromatic N) is 4. The minimum absolute atomic E-state index is 0.147. The quantitative estimate of drug-likeness (QED) is 0.742. The third-order valence-corrected chi connectivity index (χ3v) is 1.73. The molecule has 0 atom stereocenters. The molecule has 0 saturated heterocycles. The smallest absolute Gasteiger partial charge is 0.195 e. The molecule has 0 aromatic heterocycles. The van der Waals surface area contributed by atoms with Crippen molar-refractivity contribution in [1.29, 1.82) is 10.5 Å². The normalized spacial score (nSPS) is 11.4. The first-order valence-corrected chi connectivity index (χ1v) is 4.34. The van der Waals surface area contributed by atoms with E-state index in [9.17, 15) is 13.2 Å². The number of benzene rings is 1. The van der Waals surface area contributed by atoms with E-state index in [-0.39, 0.29) is 5.69 Å². The average Bonchev–Trinajstić information content (AvgIpc) is 2.30. The molecule has 0 spiro atoms. The molecule has 0 saturated carbocycles. The fourth-order valence-corrected chi connectivity index (χ4v) is 0.922. The molecule has 1 rings (SSSR count). The van der Waals surface area contributed by atoms with Gasteiger partial charge >= 0.3 is 6.18 Å². The highest BCUT2D eigenvalue weighted by atomic mass is 19.4. The molecular formula is C10H5F3N4. The molecule has 1 aromatic carbocycles. The van der Waals surface area contributed by atoms with Crippen LogP contribution in [0.25, 0.3) is 0 Å². The minimum Gasteiger partial charge on any atom is -0.195 e. The lowest BCUT2D eigenvalue weighted by atomic mass is 10.2. The van der Waals surface area contributed by atoms with Gasteiger partial charge in [-0.25, -0.2) is 0 Å². The molecule has 0 N–H and O–H groups in total. The summed E-state index contributed by atoms with van der Waals surface area (Å²) in [7, 11) is 0.